The van der Waals surface area contributed by atoms with Crippen molar-refractivity contribution in [1.29, 1.82) is 0 Å². The minimum Gasteiger partial charge on any atom is -0.477 e. The molecular formula is C22H27NO3. The Morgan fingerprint density at radius 3 is 2.50 bits per heavy atom. The van der Waals surface area contributed by atoms with E-state index in [-0.39, 0.29) is 11.0 Å². The summed E-state index contributed by atoms with van der Waals surface area (Å²) in [5, 5.41) is 9.66. The zero-order chi connectivity index (χ0) is 18.5. The third kappa shape index (κ3) is 4.24. The van der Waals surface area contributed by atoms with Gasteiger partial charge >= 0.3 is 5.97 Å². The Labute approximate surface area is 154 Å². The van der Waals surface area contributed by atoms with Gasteiger partial charge in [-0.05, 0) is 31.2 Å². The van der Waals surface area contributed by atoms with Gasteiger partial charge < -0.3 is 9.67 Å². The van der Waals surface area contributed by atoms with Crippen LogP contribution >= 0.6 is 0 Å². The molecule has 0 radical (unpaired) electrons. The molecule has 4 heteroatoms. The largest absolute Gasteiger partial charge is 0.477 e. The number of carbonyl (C=O) groups is 1. The monoisotopic (exact) mass is 353 g/mol. The molecule has 1 saturated carbocycles. The maximum Gasteiger partial charge on any atom is 0.341 e. The second kappa shape index (κ2) is 8.35. The van der Waals surface area contributed by atoms with Crippen molar-refractivity contribution in [1.82, 2.24) is 4.57 Å². The fourth-order valence-electron chi connectivity index (χ4n) is 4.13. The van der Waals surface area contributed by atoms with E-state index in [0.29, 0.717) is 24.6 Å². The fraction of sp³-hybridized carbons (Fsp3) is 0.455. The minimum absolute atomic E-state index is 0.0331. The van der Waals surface area contributed by atoms with Gasteiger partial charge in [-0.25, -0.2) is 4.79 Å². The van der Waals surface area contributed by atoms with Crippen LogP contribution in [0.3, 0.4) is 0 Å². The molecule has 1 aliphatic carbocycles. The van der Waals surface area contributed by atoms with Crippen molar-refractivity contribution in [3.8, 4) is 0 Å². The summed E-state index contributed by atoms with van der Waals surface area (Å²) in [4.78, 5) is 24.2. The molecule has 1 aromatic carbocycles. The number of carboxylic acids is 1. The summed E-state index contributed by atoms with van der Waals surface area (Å²) in [5.74, 6) is -0.625. The number of rotatable bonds is 6. The molecule has 1 heterocycles. The molecule has 0 saturated heterocycles. The van der Waals surface area contributed by atoms with Crippen LogP contribution in [0.15, 0.2) is 41.2 Å². The summed E-state index contributed by atoms with van der Waals surface area (Å²) >= 11 is 0. The number of aromatic nitrogens is 1. The molecule has 3 rings (SSSR count). The lowest BCUT2D eigenvalue weighted by atomic mass is 9.85. The molecule has 2 aromatic rings. The molecular weight excluding hydrogens is 326 g/mol. The Bertz CT molecular complexity index is 817. The molecule has 1 aromatic heterocycles. The third-order valence-electron chi connectivity index (χ3n) is 5.51. The smallest absolute Gasteiger partial charge is 0.341 e. The van der Waals surface area contributed by atoms with Crippen LogP contribution in [0.25, 0.3) is 0 Å². The van der Waals surface area contributed by atoms with Gasteiger partial charge in [-0.1, -0.05) is 62.4 Å². The van der Waals surface area contributed by atoms with Crippen molar-refractivity contribution in [3.05, 3.63) is 69.1 Å². The van der Waals surface area contributed by atoms with E-state index in [2.05, 4.69) is 16.7 Å². The normalized spacial score (nSPS) is 15.1. The lowest BCUT2D eigenvalue weighted by Gasteiger charge is -2.25. The van der Waals surface area contributed by atoms with Crippen LogP contribution in [0.5, 0.6) is 0 Å². The molecule has 0 amide bonds. The maximum atomic E-state index is 12.4. The molecule has 138 valence electrons. The Morgan fingerprint density at radius 2 is 1.85 bits per heavy atom. The van der Waals surface area contributed by atoms with Crippen molar-refractivity contribution < 1.29 is 9.90 Å². The number of carboxylic acid groups (broad SMARTS) is 1. The standard InChI is InChI=1S/C22H27NO3/c1-16-14-20(24)21(22(25)26)19(15-18-10-6-3-7-11-18)23(16)13-12-17-8-4-2-5-9-17/h2,4-5,8-9,14,18H,3,6-7,10-13,15H2,1H3,(H,25,26). The minimum atomic E-state index is -1.10. The highest BCUT2D eigenvalue weighted by Gasteiger charge is 2.23. The molecule has 1 N–H and O–H groups in total. The summed E-state index contributed by atoms with van der Waals surface area (Å²) in [6.07, 6.45) is 7.42. The predicted molar refractivity (Wildman–Crippen MR) is 103 cm³/mol. The zero-order valence-electron chi connectivity index (χ0n) is 15.4. The summed E-state index contributed by atoms with van der Waals surface area (Å²) in [5.41, 5.74) is 2.38. The highest BCUT2D eigenvalue weighted by molar-refractivity contribution is 5.88. The fourth-order valence-corrected chi connectivity index (χ4v) is 4.13. The lowest BCUT2D eigenvalue weighted by Crippen LogP contribution is -2.27. The highest BCUT2D eigenvalue weighted by Crippen LogP contribution is 2.28. The second-order valence-electron chi connectivity index (χ2n) is 7.37. The topological polar surface area (TPSA) is 59.3 Å². The van der Waals surface area contributed by atoms with E-state index in [0.717, 1.165) is 25.0 Å². The average Bonchev–Trinajstić information content (AvgIpc) is 2.62. The Balaban J connectivity index is 1.96. The Kier molecular flexibility index (Phi) is 5.92. The van der Waals surface area contributed by atoms with E-state index in [1.54, 1.807) is 0 Å². The van der Waals surface area contributed by atoms with E-state index in [1.807, 2.05) is 25.1 Å². The summed E-state index contributed by atoms with van der Waals surface area (Å²) in [6, 6.07) is 11.6. The van der Waals surface area contributed by atoms with Crippen molar-refractivity contribution in [2.24, 2.45) is 5.92 Å². The first kappa shape index (κ1) is 18.4. The van der Waals surface area contributed by atoms with Crippen LogP contribution in [0.1, 0.15) is 59.4 Å². The molecule has 1 fully saturated rings. The summed E-state index contributed by atoms with van der Waals surface area (Å²) in [7, 11) is 0. The number of pyridine rings is 1. The summed E-state index contributed by atoms with van der Waals surface area (Å²) in [6.45, 7) is 2.60. The number of hydrogen-bond donors (Lipinski definition) is 1. The van der Waals surface area contributed by atoms with Crippen LogP contribution in [0, 0.1) is 12.8 Å². The van der Waals surface area contributed by atoms with Gasteiger partial charge in [0.1, 0.15) is 5.56 Å². The molecule has 4 nitrogen and oxygen atoms in total. The molecule has 0 bridgehead atoms. The van der Waals surface area contributed by atoms with Crippen molar-refractivity contribution >= 4 is 5.97 Å². The van der Waals surface area contributed by atoms with Crippen molar-refractivity contribution in [2.45, 2.75) is 58.4 Å². The van der Waals surface area contributed by atoms with Gasteiger partial charge in [-0.2, -0.15) is 0 Å². The molecule has 1 aliphatic rings. The van der Waals surface area contributed by atoms with Gasteiger partial charge in [0.15, 0.2) is 5.43 Å². The molecule has 0 unspecified atom stereocenters. The van der Waals surface area contributed by atoms with Crippen molar-refractivity contribution in [3.63, 3.8) is 0 Å². The molecule has 0 spiro atoms. The molecule has 0 aliphatic heterocycles. The van der Waals surface area contributed by atoms with E-state index >= 15 is 0 Å². The van der Waals surface area contributed by atoms with Crippen LogP contribution in [0.2, 0.25) is 0 Å². The van der Waals surface area contributed by atoms with E-state index in [9.17, 15) is 14.7 Å². The van der Waals surface area contributed by atoms with E-state index in [1.165, 1.54) is 30.9 Å². The highest BCUT2D eigenvalue weighted by atomic mass is 16.4. The number of benzene rings is 1. The van der Waals surface area contributed by atoms with Crippen LogP contribution in [0.4, 0.5) is 0 Å². The van der Waals surface area contributed by atoms with Crippen molar-refractivity contribution in [2.75, 3.05) is 0 Å². The van der Waals surface area contributed by atoms with Gasteiger partial charge in [0.05, 0.1) is 0 Å². The van der Waals surface area contributed by atoms with Gasteiger partial charge in [0, 0.05) is 24.0 Å². The first-order chi connectivity index (χ1) is 12.6. The van der Waals surface area contributed by atoms with Crippen LogP contribution in [-0.4, -0.2) is 15.6 Å². The Hall–Kier alpha value is -2.36. The lowest BCUT2D eigenvalue weighted by molar-refractivity contribution is 0.0692. The van der Waals surface area contributed by atoms with E-state index < -0.39 is 5.97 Å². The molecule has 26 heavy (non-hydrogen) atoms. The maximum absolute atomic E-state index is 12.4. The van der Waals surface area contributed by atoms with Crippen LogP contribution in [-0.2, 0) is 19.4 Å². The number of aryl methyl sites for hydroxylation is 2. The van der Waals surface area contributed by atoms with Crippen LogP contribution < -0.4 is 5.43 Å². The first-order valence-electron chi connectivity index (χ1n) is 9.57. The number of aromatic carboxylic acids is 1. The molecule has 0 atom stereocenters. The quantitative estimate of drug-likeness (QED) is 0.846. The van der Waals surface area contributed by atoms with Gasteiger partial charge in [0.2, 0.25) is 0 Å². The average molecular weight is 353 g/mol. The zero-order valence-corrected chi connectivity index (χ0v) is 15.4. The predicted octanol–water partition coefficient (Wildman–Crippen LogP) is 4.22. The van der Waals surface area contributed by atoms with Gasteiger partial charge in [-0.3, -0.25) is 4.79 Å². The SMILES string of the molecule is Cc1cc(=O)c(C(=O)O)c(CC2CCCCC2)n1CCc1ccccc1. The van der Waals surface area contributed by atoms with E-state index in [4.69, 9.17) is 0 Å². The first-order valence-corrected chi connectivity index (χ1v) is 9.57. The third-order valence-corrected chi connectivity index (χ3v) is 5.51. The second-order valence-corrected chi connectivity index (χ2v) is 7.37. The van der Waals surface area contributed by atoms with Gasteiger partial charge in [0.25, 0.3) is 0 Å². The summed E-state index contributed by atoms with van der Waals surface area (Å²) < 4.78 is 2.06. The number of nitrogens with zero attached hydrogens (tertiary/aromatic N) is 1. The Morgan fingerprint density at radius 1 is 1.15 bits per heavy atom. The van der Waals surface area contributed by atoms with Gasteiger partial charge in [-0.15, -0.1) is 0 Å². The number of hydrogen-bond acceptors (Lipinski definition) is 2.